The minimum Gasteiger partial charge on any atom is -0.493 e. The van der Waals surface area contributed by atoms with Crippen LogP contribution in [0.25, 0.3) is 0 Å². The number of nitrogens with zero attached hydrogens (tertiary/aromatic N) is 1. The number of benzene rings is 1. The molecule has 1 saturated heterocycles. The first-order chi connectivity index (χ1) is 10.4. The van der Waals surface area contributed by atoms with E-state index in [1.54, 1.807) is 37.7 Å². The number of urea groups is 1. The van der Waals surface area contributed by atoms with E-state index >= 15 is 0 Å². The molecule has 0 radical (unpaired) electrons. The van der Waals surface area contributed by atoms with Gasteiger partial charge in [-0.1, -0.05) is 11.6 Å². The van der Waals surface area contributed by atoms with Gasteiger partial charge in [-0.15, -0.1) is 0 Å². The van der Waals surface area contributed by atoms with Crippen LogP contribution in [-0.4, -0.2) is 47.0 Å². The Labute approximate surface area is 139 Å². The minimum absolute atomic E-state index is 0.171. The number of carbonyl (C=O) groups excluding carboxylic acids is 2. The molecule has 0 saturated carbocycles. The first-order valence-corrected chi connectivity index (χ1v) is 8.53. The Morgan fingerprint density at radius 1 is 1.23 bits per heavy atom. The molecule has 0 aromatic heterocycles. The number of imide groups is 1. The Morgan fingerprint density at radius 2 is 1.91 bits per heavy atom. The third kappa shape index (κ3) is 4.30. The second-order valence-corrected chi connectivity index (χ2v) is 7.09. The maximum absolute atomic E-state index is 12.0. The van der Waals surface area contributed by atoms with Gasteiger partial charge in [0.2, 0.25) is 0 Å². The SMILES string of the molecule is CC1(C)NC(=O)N(CCSCCOc2ccc(Cl)cc2)C1=O. The summed E-state index contributed by atoms with van der Waals surface area (Å²) < 4.78 is 5.57. The van der Waals surface area contributed by atoms with E-state index in [-0.39, 0.29) is 11.9 Å². The first kappa shape index (κ1) is 17.0. The summed E-state index contributed by atoms with van der Waals surface area (Å²) in [7, 11) is 0. The average Bonchev–Trinajstić information content (AvgIpc) is 2.65. The molecule has 1 fully saturated rings. The summed E-state index contributed by atoms with van der Waals surface area (Å²) in [6, 6.07) is 6.89. The number of carbonyl (C=O) groups is 2. The van der Waals surface area contributed by atoms with Gasteiger partial charge in [0.1, 0.15) is 11.3 Å². The topological polar surface area (TPSA) is 58.6 Å². The summed E-state index contributed by atoms with van der Waals surface area (Å²) in [5, 5.41) is 3.34. The van der Waals surface area contributed by atoms with E-state index in [1.165, 1.54) is 4.90 Å². The van der Waals surface area contributed by atoms with Crippen molar-refractivity contribution in [3.05, 3.63) is 29.3 Å². The summed E-state index contributed by atoms with van der Waals surface area (Å²) in [6.07, 6.45) is 0. The molecule has 1 aromatic rings. The number of halogens is 1. The summed E-state index contributed by atoms with van der Waals surface area (Å²) in [5.41, 5.74) is -0.792. The molecule has 1 heterocycles. The zero-order valence-electron chi connectivity index (χ0n) is 12.6. The first-order valence-electron chi connectivity index (χ1n) is 7.00. The van der Waals surface area contributed by atoms with Crippen molar-refractivity contribution >= 4 is 35.3 Å². The fraction of sp³-hybridized carbons (Fsp3) is 0.467. The lowest BCUT2D eigenvalue weighted by atomic mass is 10.1. The Morgan fingerprint density at radius 3 is 2.50 bits per heavy atom. The van der Waals surface area contributed by atoms with Crippen LogP contribution in [0.2, 0.25) is 5.02 Å². The number of thioether (sulfide) groups is 1. The highest BCUT2D eigenvalue weighted by atomic mass is 35.5. The van der Waals surface area contributed by atoms with Gasteiger partial charge in [0.25, 0.3) is 5.91 Å². The molecule has 5 nitrogen and oxygen atoms in total. The van der Waals surface area contributed by atoms with Gasteiger partial charge < -0.3 is 10.1 Å². The number of hydrogen-bond acceptors (Lipinski definition) is 4. The summed E-state index contributed by atoms with van der Waals surface area (Å²) in [6.45, 7) is 4.40. The molecule has 120 valence electrons. The van der Waals surface area contributed by atoms with Gasteiger partial charge in [-0.2, -0.15) is 11.8 Å². The van der Waals surface area contributed by atoms with E-state index in [2.05, 4.69) is 5.32 Å². The summed E-state index contributed by atoms with van der Waals surface area (Å²) >= 11 is 7.44. The Balaban J connectivity index is 1.63. The van der Waals surface area contributed by atoms with Gasteiger partial charge >= 0.3 is 6.03 Å². The normalized spacial score (nSPS) is 16.8. The number of rotatable bonds is 7. The van der Waals surface area contributed by atoms with Crippen LogP contribution in [0, 0.1) is 0 Å². The predicted octanol–water partition coefficient (Wildman–Crippen LogP) is 2.78. The highest BCUT2D eigenvalue weighted by Crippen LogP contribution is 2.18. The molecular formula is C15H19ClN2O3S. The molecule has 1 aliphatic heterocycles. The van der Waals surface area contributed by atoms with Crippen LogP contribution in [0.4, 0.5) is 4.79 Å². The second-order valence-electron chi connectivity index (χ2n) is 5.43. The van der Waals surface area contributed by atoms with Crippen molar-refractivity contribution in [2.75, 3.05) is 24.7 Å². The van der Waals surface area contributed by atoms with Gasteiger partial charge in [-0.05, 0) is 38.1 Å². The molecule has 22 heavy (non-hydrogen) atoms. The lowest BCUT2D eigenvalue weighted by molar-refractivity contribution is -0.130. The van der Waals surface area contributed by atoms with Crippen molar-refractivity contribution in [1.82, 2.24) is 10.2 Å². The van der Waals surface area contributed by atoms with Gasteiger partial charge in [0, 0.05) is 23.1 Å². The van der Waals surface area contributed by atoms with E-state index in [4.69, 9.17) is 16.3 Å². The Bertz CT molecular complexity index is 548. The van der Waals surface area contributed by atoms with E-state index in [9.17, 15) is 9.59 Å². The zero-order valence-corrected chi connectivity index (χ0v) is 14.2. The van der Waals surface area contributed by atoms with E-state index in [0.29, 0.717) is 23.9 Å². The average molecular weight is 343 g/mol. The van der Waals surface area contributed by atoms with Crippen LogP contribution in [0.5, 0.6) is 5.75 Å². The van der Waals surface area contributed by atoms with Gasteiger partial charge in [-0.3, -0.25) is 9.69 Å². The molecule has 3 amide bonds. The molecule has 0 bridgehead atoms. The molecule has 2 rings (SSSR count). The quantitative estimate of drug-likeness (QED) is 0.611. The van der Waals surface area contributed by atoms with Crippen LogP contribution in [0.3, 0.4) is 0 Å². The molecule has 0 spiro atoms. The lowest BCUT2D eigenvalue weighted by Crippen LogP contribution is -2.40. The molecule has 7 heteroatoms. The van der Waals surface area contributed by atoms with E-state index < -0.39 is 5.54 Å². The van der Waals surface area contributed by atoms with Crippen molar-refractivity contribution in [3.63, 3.8) is 0 Å². The van der Waals surface area contributed by atoms with Crippen LogP contribution in [0.15, 0.2) is 24.3 Å². The fourth-order valence-electron chi connectivity index (χ4n) is 2.03. The highest BCUT2D eigenvalue weighted by molar-refractivity contribution is 7.99. The summed E-state index contributed by atoms with van der Waals surface area (Å²) in [5.74, 6) is 2.09. The number of nitrogens with one attached hydrogen (secondary N) is 1. The largest absolute Gasteiger partial charge is 0.493 e. The third-order valence-corrected chi connectivity index (χ3v) is 4.39. The highest BCUT2D eigenvalue weighted by Gasteiger charge is 2.43. The van der Waals surface area contributed by atoms with Crippen LogP contribution >= 0.6 is 23.4 Å². The van der Waals surface area contributed by atoms with Crippen molar-refractivity contribution in [2.24, 2.45) is 0 Å². The van der Waals surface area contributed by atoms with E-state index in [1.807, 2.05) is 12.1 Å². The molecule has 0 unspecified atom stereocenters. The van der Waals surface area contributed by atoms with Crippen molar-refractivity contribution in [1.29, 1.82) is 0 Å². The molecule has 1 aliphatic rings. The lowest BCUT2D eigenvalue weighted by Gasteiger charge is -2.15. The number of hydrogen-bond donors (Lipinski definition) is 1. The number of amides is 3. The maximum Gasteiger partial charge on any atom is 0.325 e. The maximum atomic E-state index is 12.0. The smallest absolute Gasteiger partial charge is 0.325 e. The fourth-order valence-corrected chi connectivity index (χ4v) is 2.87. The van der Waals surface area contributed by atoms with E-state index in [0.717, 1.165) is 11.5 Å². The minimum atomic E-state index is -0.792. The molecule has 1 aromatic carbocycles. The van der Waals surface area contributed by atoms with Crippen molar-refractivity contribution < 1.29 is 14.3 Å². The summed E-state index contributed by atoms with van der Waals surface area (Å²) in [4.78, 5) is 24.9. The van der Waals surface area contributed by atoms with Gasteiger partial charge in [-0.25, -0.2) is 4.79 Å². The van der Waals surface area contributed by atoms with Crippen molar-refractivity contribution in [2.45, 2.75) is 19.4 Å². The second kappa shape index (κ2) is 7.24. The predicted molar refractivity (Wildman–Crippen MR) is 88.6 cm³/mol. The standard InChI is InChI=1S/C15H19ClN2O3S/c1-15(2)13(19)18(14(20)17-15)7-9-22-10-8-21-12-5-3-11(16)4-6-12/h3-6H,7-10H2,1-2H3,(H,17,20). The Hall–Kier alpha value is -1.40. The van der Waals surface area contributed by atoms with Crippen LogP contribution < -0.4 is 10.1 Å². The zero-order chi connectivity index (χ0) is 16.2. The van der Waals surface area contributed by atoms with Crippen LogP contribution in [-0.2, 0) is 4.79 Å². The van der Waals surface area contributed by atoms with Gasteiger partial charge in [0.05, 0.1) is 6.61 Å². The third-order valence-electron chi connectivity index (χ3n) is 3.21. The molecular weight excluding hydrogens is 324 g/mol. The van der Waals surface area contributed by atoms with Crippen molar-refractivity contribution in [3.8, 4) is 5.75 Å². The molecule has 0 aliphatic carbocycles. The van der Waals surface area contributed by atoms with Crippen LogP contribution in [0.1, 0.15) is 13.8 Å². The monoisotopic (exact) mass is 342 g/mol. The van der Waals surface area contributed by atoms with Gasteiger partial charge in [0.15, 0.2) is 0 Å². The Kier molecular flexibility index (Phi) is 5.58. The molecule has 0 atom stereocenters. The number of ether oxygens (including phenoxy) is 1. The molecule has 1 N–H and O–H groups in total.